The van der Waals surface area contributed by atoms with Crippen LogP contribution in [0.4, 0.5) is 0 Å². The Morgan fingerprint density at radius 3 is 2.11 bits per heavy atom. The van der Waals surface area contributed by atoms with Gasteiger partial charge >= 0.3 is 0 Å². The monoisotopic (exact) mass is 550 g/mol. The number of benzene rings is 3. The summed E-state index contributed by atoms with van der Waals surface area (Å²) < 4.78 is 14.6. The van der Waals surface area contributed by atoms with Gasteiger partial charge in [0.25, 0.3) is 8.32 Å². The summed E-state index contributed by atoms with van der Waals surface area (Å²) in [4.78, 5) is 0. The lowest BCUT2D eigenvalue weighted by molar-refractivity contribution is 0.111. The Morgan fingerprint density at radius 2 is 1.51 bits per heavy atom. The molecular weight excluding hydrogens is 512 g/mol. The molecule has 0 spiro atoms. The van der Waals surface area contributed by atoms with Crippen LogP contribution in [-0.4, -0.2) is 21.0 Å². The number of halogens is 1. The molecule has 1 aliphatic carbocycles. The molecule has 1 fully saturated rings. The lowest BCUT2D eigenvalue weighted by Crippen LogP contribution is -2.66. The largest absolute Gasteiger partial charge is 0.489 e. The van der Waals surface area contributed by atoms with Crippen LogP contribution in [0, 0.1) is 12.8 Å². The smallest absolute Gasteiger partial charge is 0.261 e. The molecule has 4 rings (SSSR count). The number of aryl methyl sites for hydroxylation is 1. The second-order valence-corrected chi connectivity index (χ2v) is 16.2. The van der Waals surface area contributed by atoms with Crippen LogP contribution in [0.1, 0.15) is 58.4 Å². The van der Waals surface area contributed by atoms with Gasteiger partial charge in [-0.25, -0.2) is 0 Å². The third-order valence-electron chi connectivity index (χ3n) is 7.38. The van der Waals surface area contributed by atoms with Gasteiger partial charge in [0, 0.05) is 6.61 Å². The zero-order chi connectivity index (χ0) is 24.9. The van der Waals surface area contributed by atoms with Crippen LogP contribution in [0.15, 0.2) is 83.3 Å². The van der Waals surface area contributed by atoms with Crippen LogP contribution in [0.25, 0.3) is 0 Å². The van der Waals surface area contributed by atoms with E-state index < -0.39 is 8.32 Å². The summed E-state index contributed by atoms with van der Waals surface area (Å²) in [6.07, 6.45) is 6.08. The molecule has 0 amide bonds. The van der Waals surface area contributed by atoms with E-state index in [2.05, 4.69) is 122 Å². The fraction of sp³-hybridized carbons (Fsp3) is 0.419. The molecule has 3 aromatic carbocycles. The van der Waals surface area contributed by atoms with E-state index in [1.165, 1.54) is 28.8 Å². The predicted octanol–water partition coefficient (Wildman–Crippen LogP) is 7.66. The zero-order valence-corrected chi connectivity index (χ0v) is 24.2. The zero-order valence-electron chi connectivity index (χ0n) is 21.6. The lowest BCUT2D eigenvalue weighted by atomic mass is 9.85. The van der Waals surface area contributed by atoms with Crippen LogP contribution in [0.2, 0.25) is 5.04 Å². The standard InChI is InChI=1S/C31H39BrO2Si/c1-24-18-19-29(32)30(22-24)34-26-13-11-12-25(23-26)20-21-33-35(31(2,3)4,27-14-7-5-8-15-27)28-16-9-6-10-17-28/h5-10,14-19,22,25-26H,11-13,20-21,23H2,1-4H3/t25-,26-/m1/s1. The highest BCUT2D eigenvalue weighted by Crippen LogP contribution is 2.38. The summed E-state index contributed by atoms with van der Waals surface area (Å²) in [6.45, 7) is 9.96. The highest BCUT2D eigenvalue weighted by atomic mass is 79.9. The van der Waals surface area contributed by atoms with Gasteiger partial charge < -0.3 is 9.16 Å². The van der Waals surface area contributed by atoms with E-state index in [1.54, 1.807) is 0 Å². The van der Waals surface area contributed by atoms with Crippen LogP contribution >= 0.6 is 15.9 Å². The maximum atomic E-state index is 7.15. The summed E-state index contributed by atoms with van der Waals surface area (Å²) in [5.74, 6) is 1.61. The van der Waals surface area contributed by atoms with E-state index in [0.717, 1.165) is 36.1 Å². The van der Waals surface area contributed by atoms with Crippen LogP contribution in [0.5, 0.6) is 5.75 Å². The van der Waals surface area contributed by atoms with Gasteiger partial charge in [-0.2, -0.15) is 0 Å². The molecule has 0 unspecified atom stereocenters. The molecule has 0 radical (unpaired) electrons. The number of hydrogen-bond acceptors (Lipinski definition) is 2. The third-order valence-corrected chi connectivity index (χ3v) is 13.1. The fourth-order valence-electron chi connectivity index (χ4n) is 5.63. The number of rotatable bonds is 8. The van der Waals surface area contributed by atoms with Crippen molar-refractivity contribution in [1.82, 2.24) is 0 Å². The average molecular weight is 552 g/mol. The first-order valence-corrected chi connectivity index (χ1v) is 15.7. The summed E-state index contributed by atoms with van der Waals surface area (Å²) in [5, 5.41) is 2.73. The molecule has 1 aliphatic rings. The molecule has 35 heavy (non-hydrogen) atoms. The minimum absolute atomic E-state index is 0.0192. The molecule has 0 aliphatic heterocycles. The summed E-state index contributed by atoms with van der Waals surface area (Å²) in [6, 6.07) is 28.3. The van der Waals surface area contributed by atoms with E-state index in [1.807, 2.05) is 0 Å². The Labute approximate surface area is 221 Å². The van der Waals surface area contributed by atoms with Crippen molar-refractivity contribution in [2.75, 3.05) is 6.61 Å². The van der Waals surface area contributed by atoms with Crippen molar-refractivity contribution in [3.8, 4) is 5.75 Å². The van der Waals surface area contributed by atoms with Crippen LogP contribution in [-0.2, 0) is 4.43 Å². The van der Waals surface area contributed by atoms with Crippen molar-refractivity contribution in [3.05, 3.63) is 88.9 Å². The Kier molecular flexibility index (Phi) is 8.57. The van der Waals surface area contributed by atoms with Gasteiger partial charge in [0.05, 0.1) is 10.6 Å². The van der Waals surface area contributed by atoms with E-state index >= 15 is 0 Å². The fourth-order valence-corrected chi connectivity index (χ4v) is 10.6. The van der Waals surface area contributed by atoms with Gasteiger partial charge in [0.2, 0.25) is 0 Å². The predicted molar refractivity (Wildman–Crippen MR) is 153 cm³/mol. The Morgan fingerprint density at radius 1 is 0.886 bits per heavy atom. The first-order valence-electron chi connectivity index (χ1n) is 13.0. The molecular formula is C31H39BrO2Si. The molecule has 1 saturated carbocycles. The molecule has 2 nitrogen and oxygen atoms in total. The van der Waals surface area contributed by atoms with E-state index in [4.69, 9.17) is 9.16 Å². The first-order chi connectivity index (χ1) is 16.8. The van der Waals surface area contributed by atoms with Crippen molar-refractivity contribution in [1.29, 1.82) is 0 Å². The molecule has 2 atom stereocenters. The van der Waals surface area contributed by atoms with Gasteiger partial charge in [0.1, 0.15) is 5.75 Å². The second kappa shape index (κ2) is 11.4. The topological polar surface area (TPSA) is 18.5 Å². The highest BCUT2D eigenvalue weighted by molar-refractivity contribution is 9.10. The van der Waals surface area contributed by atoms with Gasteiger partial charge in [-0.05, 0) is 87.6 Å². The Hall–Kier alpha value is -1.88. The second-order valence-electron chi connectivity index (χ2n) is 11.0. The maximum Gasteiger partial charge on any atom is 0.261 e. The third kappa shape index (κ3) is 6.10. The molecule has 0 heterocycles. The minimum Gasteiger partial charge on any atom is -0.489 e. The van der Waals surface area contributed by atoms with Crippen molar-refractivity contribution in [2.45, 2.75) is 70.9 Å². The Balaban J connectivity index is 1.48. The molecule has 0 N–H and O–H groups in total. The summed E-state index contributed by atoms with van der Waals surface area (Å²) in [7, 11) is -2.46. The molecule has 0 bridgehead atoms. The normalized spacial score (nSPS) is 18.9. The van der Waals surface area contributed by atoms with Gasteiger partial charge in [0.15, 0.2) is 0 Å². The molecule has 0 aromatic heterocycles. The highest BCUT2D eigenvalue weighted by Gasteiger charge is 2.50. The van der Waals surface area contributed by atoms with Gasteiger partial charge in [-0.1, -0.05) is 93.9 Å². The van der Waals surface area contributed by atoms with E-state index in [9.17, 15) is 0 Å². The molecule has 4 heteroatoms. The van der Waals surface area contributed by atoms with E-state index in [0.29, 0.717) is 5.92 Å². The van der Waals surface area contributed by atoms with Crippen molar-refractivity contribution in [2.24, 2.45) is 5.92 Å². The molecule has 186 valence electrons. The SMILES string of the molecule is Cc1ccc(Br)c(O[C@@H]2CCC[C@H](CCO[Si](c3ccccc3)(c3ccccc3)C(C)(C)C)C2)c1. The molecule has 0 saturated heterocycles. The lowest BCUT2D eigenvalue weighted by Gasteiger charge is -2.43. The molecule has 3 aromatic rings. The van der Waals surface area contributed by atoms with Crippen molar-refractivity contribution in [3.63, 3.8) is 0 Å². The number of ether oxygens (including phenoxy) is 1. The quantitative estimate of drug-likeness (QED) is 0.268. The number of hydrogen-bond donors (Lipinski definition) is 0. The van der Waals surface area contributed by atoms with E-state index in [-0.39, 0.29) is 11.1 Å². The first kappa shape index (κ1) is 26.2. The van der Waals surface area contributed by atoms with Crippen molar-refractivity contribution < 1.29 is 9.16 Å². The average Bonchev–Trinajstić information content (AvgIpc) is 2.85. The Bertz CT molecular complexity index is 1040. The van der Waals surface area contributed by atoms with Crippen molar-refractivity contribution >= 4 is 34.6 Å². The summed E-state index contributed by atoms with van der Waals surface area (Å²) >= 11 is 3.66. The van der Waals surface area contributed by atoms with Crippen LogP contribution < -0.4 is 15.1 Å². The minimum atomic E-state index is -2.46. The maximum absolute atomic E-state index is 7.15. The summed E-state index contributed by atoms with van der Waals surface area (Å²) in [5.41, 5.74) is 1.23. The van der Waals surface area contributed by atoms with Gasteiger partial charge in [-0.3, -0.25) is 0 Å². The van der Waals surface area contributed by atoms with Crippen LogP contribution in [0.3, 0.4) is 0 Å². The van der Waals surface area contributed by atoms with Gasteiger partial charge in [-0.15, -0.1) is 0 Å².